The van der Waals surface area contributed by atoms with Crippen LogP contribution in [0.5, 0.6) is 17.2 Å². The van der Waals surface area contributed by atoms with Gasteiger partial charge in [0.1, 0.15) is 5.75 Å². The first kappa shape index (κ1) is 17.7. The predicted octanol–water partition coefficient (Wildman–Crippen LogP) is 3.59. The molecule has 0 saturated heterocycles. The van der Waals surface area contributed by atoms with E-state index in [4.69, 9.17) is 14.2 Å². The predicted molar refractivity (Wildman–Crippen MR) is 94.2 cm³/mol. The molecule has 24 heavy (non-hydrogen) atoms. The van der Waals surface area contributed by atoms with Crippen molar-refractivity contribution in [1.82, 2.24) is 0 Å². The van der Waals surface area contributed by atoms with Crippen LogP contribution in [0, 0.1) is 6.92 Å². The van der Waals surface area contributed by atoms with Crippen molar-refractivity contribution < 1.29 is 19.0 Å². The summed E-state index contributed by atoms with van der Waals surface area (Å²) >= 11 is 0. The third kappa shape index (κ3) is 4.41. The highest BCUT2D eigenvalue weighted by atomic mass is 16.5. The van der Waals surface area contributed by atoms with Crippen LogP contribution in [-0.4, -0.2) is 27.2 Å². The van der Waals surface area contributed by atoms with Crippen molar-refractivity contribution in [1.29, 1.82) is 0 Å². The van der Waals surface area contributed by atoms with Gasteiger partial charge in [0.15, 0.2) is 11.5 Å². The van der Waals surface area contributed by atoms with Crippen LogP contribution in [0.3, 0.4) is 0 Å². The standard InChI is InChI=1S/C19H23NO4/c1-13-10-17(23-3)18(24-4)12-16(13)20-19(21)9-8-14-6-5-7-15(11-14)22-2/h5-7,10-12H,8-9H2,1-4H3,(H,20,21). The Morgan fingerprint density at radius 1 is 1.00 bits per heavy atom. The van der Waals surface area contributed by atoms with Crippen molar-refractivity contribution in [2.45, 2.75) is 19.8 Å². The van der Waals surface area contributed by atoms with Crippen molar-refractivity contribution >= 4 is 11.6 Å². The second-order valence-corrected chi connectivity index (χ2v) is 5.42. The molecule has 0 bridgehead atoms. The van der Waals surface area contributed by atoms with Gasteiger partial charge >= 0.3 is 0 Å². The number of hydrogen-bond acceptors (Lipinski definition) is 4. The van der Waals surface area contributed by atoms with Gasteiger partial charge in [-0.05, 0) is 42.7 Å². The van der Waals surface area contributed by atoms with E-state index in [0.29, 0.717) is 24.3 Å². The number of carbonyl (C=O) groups excluding carboxylic acids is 1. The third-order valence-electron chi connectivity index (χ3n) is 3.78. The zero-order chi connectivity index (χ0) is 17.5. The Morgan fingerprint density at radius 3 is 2.38 bits per heavy atom. The summed E-state index contributed by atoms with van der Waals surface area (Å²) in [6.07, 6.45) is 1.04. The monoisotopic (exact) mass is 329 g/mol. The number of hydrogen-bond donors (Lipinski definition) is 1. The van der Waals surface area contributed by atoms with E-state index in [2.05, 4.69) is 5.32 Å². The van der Waals surface area contributed by atoms with Crippen molar-refractivity contribution in [2.75, 3.05) is 26.6 Å². The van der Waals surface area contributed by atoms with Gasteiger partial charge in [0.2, 0.25) is 5.91 Å². The van der Waals surface area contributed by atoms with Crippen molar-refractivity contribution in [3.63, 3.8) is 0 Å². The van der Waals surface area contributed by atoms with Crippen molar-refractivity contribution in [2.24, 2.45) is 0 Å². The van der Waals surface area contributed by atoms with Crippen LogP contribution >= 0.6 is 0 Å². The van der Waals surface area contributed by atoms with E-state index in [-0.39, 0.29) is 5.91 Å². The average molecular weight is 329 g/mol. The van der Waals surface area contributed by atoms with Crippen LogP contribution in [0.1, 0.15) is 17.5 Å². The Kier molecular flexibility index (Phi) is 6.07. The van der Waals surface area contributed by atoms with Gasteiger partial charge < -0.3 is 19.5 Å². The van der Waals surface area contributed by atoms with Gasteiger partial charge in [-0.1, -0.05) is 12.1 Å². The molecule has 0 aliphatic heterocycles. The lowest BCUT2D eigenvalue weighted by atomic mass is 10.1. The molecule has 2 rings (SSSR count). The minimum Gasteiger partial charge on any atom is -0.497 e. The van der Waals surface area contributed by atoms with Crippen LogP contribution in [0.4, 0.5) is 5.69 Å². The van der Waals surface area contributed by atoms with E-state index in [1.165, 1.54) is 0 Å². The summed E-state index contributed by atoms with van der Waals surface area (Å²) in [6.45, 7) is 1.92. The third-order valence-corrected chi connectivity index (χ3v) is 3.78. The molecule has 0 spiro atoms. The van der Waals surface area contributed by atoms with Gasteiger partial charge in [-0.2, -0.15) is 0 Å². The molecule has 0 aliphatic rings. The van der Waals surface area contributed by atoms with Crippen LogP contribution in [0.2, 0.25) is 0 Å². The normalized spacial score (nSPS) is 10.2. The Morgan fingerprint density at radius 2 is 1.71 bits per heavy atom. The largest absolute Gasteiger partial charge is 0.497 e. The molecule has 0 aliphatic carbocycles. The molecule has 0 radical (unpaired) electrons. The summed E-state index contributed by atoms with van der Waals surface area (Å²) in [7, 11) is 4.79. The number of nitrogens with one attached hydrogen (secondary N) is 1. The number of benzene rings is 2. The lowest BCUT2D eigenvalue weighted by Gasteiger charge is -2.13. The van der Waals surface area contributed by atoms with Gasteiger partial charge in [0, 0.05) is 18.2 Å². The highest BCUT2D eigenvalue weighted by Crippen LogP contribution is 2.32. The number of methoxy groups -OCH3 is 3. The molecule has 0 fully saturated rings. The maximum absolute atomic E-state index is 12.2. The summed E-state index contributed by atoms with van der Waals surface area (Å²) in [5.74, 6) is 1.98. The number of ether oxygens (including phenoxy) is 3. The van der Waals surface area contributed by atoms with E-state index in [9.17, 15) is 4.79 Å². The summed E-state index contributed by atoms with van der Waals surface area (Å²) in [6, 6.07) is 11.3. The lowest BCUT2D eigenvalue weighted by Crippen LogP contribution is -2.13. The van der Waals surface area contributed by atoms with Crippen LogP contribution < -0.4 is 19.5 Å². The minimum atomic E-state index is -0.0480. The Hall–Kier alpha value is -2.69. The first-order valence-electron chi connectivity index (χ1n) is 7.72. The molecule has 0 aromatic heterocycles. The van der Waals surface area contributed by atoms with E-state index in [0.717, 1.165) is 22.6 Å². The molecular formula is C19H23NO4. The van der Waals surface area contributed by atoms with Gasteiger partial charge in [-0.15, -0.1) is 0 Å². The zero-order valence-electron chi connectivity index (χ0n) is 14.5. The smallest absolute Gasteiger partial charge is 0.224 e. The van der Waals surface area contributed by atoms with E-state index >= 15 is 0 Å². The average Bonchev–Trinajstić information content (AvgIpc) is 2.61. The fraction of sp³-hybridized carbons (Fsp3) is 0.316. The first-order chi connectivity index (χ1) is 11.6. The summed E-state index contributed by atoms with van der Waals surface area (Å²) in [5, 5.41) is 2.93. The van der Waals surface area contributed by atoms with Gasteiger partial charge in [0.25, 0.3) is 0 Å². The SMILES string of the molecule is COc1cccc(CCC(=O)Nc2cc(OC)c(OC)cc2C)c1. The molecule has 5 nitrogen and oxygen atoms in total. The molecule has 1 amide bonds. The van der Waals surface area contributed by atoms with Crippen LogP contribution in [0.25, 0.3) is 0 Å². The van der Waals surface area contributed by atoms with E-state index in [1.54, 1.807) is 27.4 Å². The molecule has 2 aromatic carbocycles. The van der Waals surface area contributed by atoms with Crippen molar-refractivity contribution in [3.05, 3.63) is 47.5 Å². The molecule has 128 valence electrons. The summed E-state index contributed by atoms with van der Waals surface area (Å²) in [5.41, 5.74) is 2.71. The van der Waals surface area contributed by atoms with Gasteiger partial charge in [-0.25, -0.2) is 0 Å². The molecule has 0 heterocycles. The molecule has 0 unspecified atom stereocenters. The number of anilines is 1. The maximum Gasteiger partial charge on any atom is 0.224 e. The molecule has 1 N–H and O–H groups in total. The highest BCUT2D eigenvalue weighted by molar-refractivity contribution is 5.92. The highest BCUT2D eigenvalue weighted by Gasteiger charge is 2.11. The van der Waals surface area contributed by atoms with E-state index in [1.807, 2.05) is 37.3 Å². The summed E-state index contributed by atoms with van der Waals surface area (Å²) in [4.78, 5) is 12.2. The number of amides is 1. The minimum absolute atomic E-state index is 0.0480. The lowest BCUT2D eigenvalue weighted by molar-refractivity contribution is -0.116. The Labute approximate surface area is 142 Å². The van der Waals surface area contributed by atoms with Crippen LogP contribution in [-0.2, 0) is 11.2 Å². The molecule has 2 aromatic rings. The van der Waals surface area contributed by atoms with E-state index < -0.39 is 0 Å². The Balaban J connectivity index is 2.01. The first-order valence-corrected chi connectivity index (χ1v) is 7.72. The van der Waals surface area contributed by atoms with Gasteiger partial charge in [0.05, 0.1) is 21.3 Å². The number of carbonyl (C=O) groups is 1. The second-order valence-electron chi connectivity index (χ2n) is 5.42. The molecular weight excluding hydrogens is 306 g/mol. The quantitative estimate of drug-likeness (QED) is 0.843. The fourth-order valence-corrected chi connectivity index (χ4v) is 2.41. The fourth-order valence-electron chi connectivity index (χ4n) is 2.41. The molecule has 0 atom stereocenters. The van der Waals surface area contributed by atoms with Gasteiger partial charge in [-0.3, -0.25) is 4.79 Å². The number of aryl methyl sites for hydroxylation is 2. The molecule has 5 heteroatoms. The van der Waals surface area contributed by atoms with Crippen molar-refractivity contribution in [3.8, 4) is 17.2 Å². The topological polar surface area (TPSA) is 56.8 Å². The number of rotatable bonds is 7. The maximum atomic E-state index is 12.2. The van der Waals surface area contributed by atoms with Crippen LogP contribution in [0.15, 0.2) is 36.4 Å². The summed E-state index contributed by atoms with van der Waals surface area (Å²) < 4.78 is 15.7. The Bertz CT molecular complexity index is 713. The molecule has 0 saturated carbocycles. The second kappa shape index (κ2) is 8.24. The zero-order valence-corrected chi connectivity index (χ0v) is 14.5.